The molecule has 20 heavy (non-hydrogen) atoms. The molecule has 2 unspecified atom stereocenters. The van der Waals surface area contributed by atoms with Crippen molar-refractivity contribution in [3.8, 4) is 0 Å². The van der Waals surface area contributed by atoms with Crippen LogP contribution in [0, 0.1) is 17.8 Å². The lowest BCUT2D eigenvalue weighted by Crippen LogP contribution is -2.59. The SMILES string of the molecule is CC(C)C1CN(Cc2ccc(C(=O)O)cc2)C1C(C)C. The molecule has 110 valence electrons. The zero-order valence-corrected chi connectivity index (χ0v) is 12.8. The van der Waals surface area contributed by atoms with Gasteiger partial charge in [0.05, 0.1) is 5.56 Å². The van der Waals surface area contributed by atoms with E-state index in [-0.39, 0.29) is 0 Å². The number of carbonyl (C=O) groups is 1. The predicted molar refractivity (Wildman–Crippen MR) is 80.8 cm³/mol. The van der Waals surface area contributed by atoms with E-state index in [9.17, 15) is 4.79 Å². The van der Waals surface area contributed by atoms with E-state index in [1.165, 1.54) is 5.56 Å². The molecule has 0 radical (unpaired) electrons. The minimum absolute atomic E-state index is 0.359. The number of carboxylic acids is 1. The molecule has 0 saturated carbocycles. The zero-order valence-electron chi connectivity index (χ0n) is 12.8. The van der Waals surface area contributed by atoms with Crippen molar-refractivity contribution in [1.82, 2.24) is 4.90 Å². The molecule has 0 amide bonds. The van der Waals surface area contributed by atoms with Crippen molar-refractivity contribution in [3.05, 3.63) is 35.4 Å². The molecule has 3 nitrogen and oxygen atoms in total. The van der Waals surface area contributed by atoms with Gasteiger partial charge in [0.15, 0.2) is 0 Å². The van der Waals surface area contributed by atoms with Gasteiger partial charge in [-0.1, -0.05) is 39.8 Å². The summed E-state index contributed by atoms with van der Waals surface area (Å²) >= 11 is 0. The molecule has 3 heteroatoms. The van der Waals surface area contributed by atoms with E-state index < -0.39 is 5.97 Å². The van der Waals surface area contributed by atoms with Crippen molar-refractivity contribution in [1.29, 1.82) is 0 Å². The second-order valence-corrected chi connectivity index (χ2v) is 6.57. The van der Waals surface area contributed by atoms with E-state index in [2.05, 4.69) is 32.6 Å². The number of nitrogens with zero attached hydrogens (tertiary/aromatic N) is 1. The molecule has 1 aliphatic heterocycles. The van der Waals surface area contributed by atoms with Gasteiger partial charge < -0.3 is 5.11 Å². The molecular formula is C17H25NO2. The van der Waals surface area contributed by atoms with Gasteiger partial charge in [0.2, 0.25) is 0 Å². The van der Waals surface area contributed by atoms with E-state index >= 15 is 0 Å². The van der Waals surface area contributed by atoms with Crippen LogP contribution in [0.3, 0.4) is 0 Å². The van der Waals surface area contributed by atoms with Crippen molar-refractivity contribution < 1.29 is 9.90 Å². The first-order valence-electron chi connectivity index (χ1n) is 7.46. The summed E-state index contributed by atoms with van der Waals surface area (Å²) in [5.41, 5.74) is 1.56. The van der Waals surface area contributed by atoms with Gasteiger partial charge in [-0.3, -0.25) is 4.90 Å². The molecule has 1 saturated heterocycles. The van der Waals surface area contributed by atoms with Crippen LogP contribution in [0.1, 0.15) is 43.6 Å². The van der Waals surface area contributed by atoms with Gasteiger partial charge in [-0.2, -0.15) is 0 Å². The Morgan fingerprint density at radius 1 is 1.20 bits per heavy atom. The summed E-state index contributed by atoms with van der Waals surface area (Å²) in [5, 5.41) is 8.92. The smallest absolute Gasteiger partial charge is 0.335 e. The van der Waals surface area contributed by atoms with Crippen molar-refractivity contribution >= 4 is 5.97 Å². The molecular weight excluding hydrogens is 250 g/mol. The molecule has 0 aliphatic carbocycles. The van der Waals surface area contributed by atoms with Crippen LogP contribution in [-0.2, 0) is 6.54 Å². The normalized spacial score (nSPS) is 23.1. The van der Waals surface area contributed by atoms with Gasteiger partial charge in [-0.25, -0.2) is 4.79 Å². The number of hydrogen-bond donors (Lipinski definition) is 1. The topological polar surface area (TPSA) is 40.5 Å². The average molecular weight is 275 g/mol. The zero-order chi connectivity index (χ0) is 14.9. The quantitative estimate of drug-likeness (QED) is 0.894. The maximum atomic E-state index is 10.9. The third-order valence-electron chi connectivity index (χ3n) is 4.43. The average Bonchev–Trinajstić information content (AvgIpc) is 2.33. The Kier molecular flexibility index (Phi) is 4.48. The first kappa shape index (κ1) is 15.0. The van der Waals surface area contributed by atoms with E-state index in [0.29, 0.717) is 17.5 Å². The molecule has 0 aromatic heterocycles. The minimum atomic E-state index is -0.861. The molecule has 1 N–H and O–H groups in total. The fourth-order valence-corrected chi connectivity index (χ4v) is 3.31. The van der Waals surface area contributed by atoms with Crippen LogP contribution in [0.15, 0.2) is 24.3 Å². The molecule has 2 rings (SSSR count). The number of aromatic carboxylic acids is 1. The fourth-order valence-electron chi connectivity index (χ4n) is 3.31. The molecule has 1 fully saturated rings. The molecule has 1 aromatic rings. The summed E-state index contributed by atoms with van der Waals surface area (Å²) in [4.78, 5) is 13.4. The number of likely N-dealkylation sites (tertiary alicyclic amines) is 1. The highest BCUT2D eigenvalue weighted by Crippen LogP contribution is 2.36. The Labute approximate surface area is 121 Å². The highest BCUT2D eigenvalue weighted by molar-refractivity contribution is 5.87. The van der Waals surface area contributed by atoms with Gasteiger partial charge >= 0.3 is 5.97 Å². The van der Waals surface area contributed by atoms with Crippen LogP contribution in [0.5, 0.6) is 0 Å². The first-order chi connectivity index (χ1) is 9.40. The molecule has 1 aromatic carbocycles. The lowest BCUT2D eigenvalue weighted by molar-refractivity contribution is -0.0442. The van der Waals surface area contributed by atoms with Gasteiger partial charge in [0.1, 0.15) is 0 Å². The monoisotopic (exact) mass is 275 g/mol. The third-order valence-corrected chi connectivity index (χ3v) is 4.43. The highest BCUT2D eigenvalue weighted by atomic mass is 16.4. The van der Waals surface area contributed by atoms with E-state index in [1.807, 2.05) is 12.1 Å². The second-order valence-electron chi connectivity index (χ2n) is 6.57. The van der Waals surface area contributed by atoms with Crippen molar-refractivity contribution in [2.45, 2.75) is 40.3 Å². The minimum Gasteiger partial charge on any atom is -0.478 e. The van der Waals surface area contributed by atoms with Crippen LogP contribution in [-0.4, -0.2) is 28.6 Å². The lowest BCUT2D eigenvalue weighted by Gasteiger charge is -2.52. The Bertz CT molecular complexity index is 464. The van der Waals surface area contributed by atoms with Crippen molar-refractivity contribution in [2.75, 3.05) is 6.54 Å². The largest absolute Gasteiger partial charge is 0.478 e. The summed E-state index contributed by atoms with van der Waals surface area (Å²) in [7, 11) is 0. The Hall–Kier alpha value is -1.35. The van der Waals surface area contributed by atoms with Crippen molar-refractivity contribution in [3.63, 3.8) is 0 Å². The van der Waals surface area contributed by atoms with Gasteiger partial charge in [0, 0.05) is 19.1 Å². The van der Waals surface area contributed by atoms with E-state index in [4.69, 9.17) is 5.11 Å². The van der Waals surface area contributed by atoms with Crippen LogP contribution in [0.2, 0.25) is 0 Å². The summed E-state index contributed by atoms with van der Waals surface area (Å²) < 4.78 is 0. The molecule has 1 heterocycles. The van der Waals surface area contributed by atoms with Gasteiger partial charge in [-0.15, -0.1) is 0 Å². The highest BCUT2D eigenvalue weighted by Gasteiger charge is 2.41. The Morgan fingerprint density at radius 2 is 1.80 bits per heavy atom. The summed E-state index contributed by atoms with van der Waals surface area (Å²) in [6.07, 6.45) is 0. The number of hydrogen-bond acceptors (Lipinski definition) is 2. The number of benzene rings is 1. The first-order valence-corrected chi connectivity index (χ1v) is 7.46. The standard InChI is InChI=1S/C17H25NO2/c1-11(2)15-10-18(16(15)12(3)4)9-13-5-7-14(8-6-13)17(19)20/h5-8,11-12,15-16H,9-10H2,1-4H3,(H,19,20). The molecule has 2 atom stereocenters. The van der Waals surface area contributed by atoms with E-state index in [0.717, 1.165) is 24.9 Å². The van der Waals surface area contributed by atoms with Crippen LogP contribution in [0.25, 0.3) is 0 Å². The van der Waals surface area contributed by atoms with Crippen LogP contribution >= 0.6 is 0 Å². The molecule has 0 bridgehead atoms. The predicted octanol–water partition coefficient (Wildman–Crippen LogP) is 3.50. The molecule has 0 spiro atoms. The van der Waals surface area contributed by atoms with Crippen LogP contribution in [0.4, 0.5) is 0 Å². The van der Waals surface area contributed by atoms with Crippen molar-refractivity contribution in [2.24, 2.45) is 17.8 Å². The van der Waals surface area contributed by atoms with Crippen LogP contribution < -0.4 is 0 Å². The Balaban J connectivity index is 2.01. The number of rotatable bonds is 5. The Morgan fingerprint density at radius 3 is 2.25 bits per heavy atom. The third kappa shape index (κ3) is 3.04. The summed E-state index contributed by atoms with van der Waals surface area (Å²) in [6.45, 7) is 11.3. The summed E-state index contributed by atoms with van der Waals surface area (Å²) in [5.74, 6) is 1.32. The number of carboxylic acid groups (broad SMARTS) is 1. The van der Waals surface area contributed by atoms with Gasteiger partial charge in [0.25, 0.3) is 0 Å². The molecule has 1 aliphatic rings. The lowest BCUT2D eigenvalue weighted by atomic mass is 9.74. The van der Waals surface area contributed by atoms with E-state index in [1.54, 1.807) is 12.1 Å². The fraction of sp³-hybridized carbons (Fsp3) is 0.588. The maximum Gasteiger partial charge on any atom is 0.335 e. The summed E-state index contributed by atoms with van der Waals surface area (Å²) in [6, 6.07) is 7.91. The van der Waals surface area contributed by atoms with Gasteiger partial charge in [-0.05, 0) is 35.4 Å². The second kappa shape index (κ2) is 5.96. The maximum absolute atomic E-state index is 10.9.